The van der Waals surface area contributed by atoms with Gasteiger partial charge in [-0.1, -0.05) is 43.1 Å². The maximum Gasteiger partial charge on any atom is 0.227 e. The van der Waals surface area contributed by atoms with E-state index in [0.29, 0.717) is 18.4 Å². The van der Waals surface area contributed by atoms with Crippen LogP contribution in [0.1, 0.15) is 59.3 Å². The standard InChI is InChI=1S/C22H31BrN2O2/c1-4-22(2,3)16-5-9-18(10-6-16)24-21(27)15-13-20(26)25(14-15)19-11-7-17(23)8-12-19/h7-8,11-12,15-16,18H,4-6,9-10,13-14H2,1-3H3,(H,24,27)/t15-,16?,18?/m1/s1. The Morgan fingerprint density at radius 3 is 2.41 bits per heavy atom. The normalized spacial score (nSPS) is 26.3. The van der Waals surface area contributed by atoms with Crippen LogP contribution in [0.15, 0.2) is 28.7 Å². The topological polar surface area (TPSA) is 49.4 Å². The fourth-order valence-corrected chi connectivity index (χ4v) is 4.65. The summed E-state index contributed by atoms with van der Waals surface area (Å²) in [5.41, 5.74) is 1.25. The Morgan fingerprint density at radius 2 is 1.81 bits per heavy atom. The van der Waals surface area contributed by atoms with Crippen molar-refractivity contribution in [1.29, 1.82) is 0 Å². The van der Waals surface area contributed by atoms with Gasteiger partial charge in [0.1, 0.15) is 0 Å². The summed E-state index contributed by atoms with van der Waals surface area (Å²) in [6, 6.07) is 7.94. The third-order valence-electron chi connectivity index (χ3n) is 6.72. The molecule has 1 saturated carbocycles. The predicted molar refractivity (Wildman–Crippen MR) is 113 cm³/mol. The summed E-state index contributed by atoms with van der Waals surface area (Å²) in [6.45, 7) is 7.46. The predicted octanol–water partition coefficient (Wildman–Crippen LogP) is 4.91. The summed E-state index contributed by atoms with van der Waals surface area (Å²) >= 11 is 3.41. The molecule has 2 fully saturated rings. The van der Waals surface area contributed by atoms with Crippen molar-refractivity contribution in [3.63, 3.8) is 0 Å². The Bertz CT molecular complexity index is 678. The highest BCUT2D eigenvalue weighted by Crippen LogP contribution is 2.40. The molecule has 2 amide bonds. The number of halogens is 1. The highest BCUT2D eigenvalue weighted by atomic mass is 79.9. The molecule has 1 N–H and O–H groups in total. The van der Waals surface area contributed by atoms with E-state index in [4.69, 9.17) is 0 Å². The van der Waals surface area contributed by atoms with E-state index in [1.54, 1.807) is 4.90 Å². The van der Waals surface area contributed by atoms with Gasteiger partial charge >= 0.3 is 0 Å². The number of hydrogen-bond acceptors (Lipinski definition) is 2. The Balaban J connectivity index is 1.52. The first-order valence-corrected chi connectivity index (χ1v) is 11.0. The van der Waals surface area contributed by atoms with Crippen molar-refractivity contribution in [2.24, 2.45) is 17.3 Å². The number of amides is 2. The maximum atomic E-state index is 12.7. The zero-order valence-corrected chi connectivity index (χ0v) is 18.2. The van der Waals surface area contributed by atoms with Crippen LogP contribution >= 0.6 is 15.9 Å². The summed E-state index contributed by atoms with van der Waals surface area (Å²) in [5, 5.41) is 3.23. The van der Waals surface area contributed by atoms with Gasteiger partial charge in [0.15, 0.2) is 0 Å². The van der Waals surface area contributed by atoms with Crippen molar-refractivity contribution in [2.75, 3.05) is 11.4 Å². The van der Waals surface area contributed by atoms with Crippen molar-refractivity contribution in [2.45, 2.75) is 65.3 Å². The first kappa shape index (κ1) is 20.4. The molecule has 0 unspecified atom stereocenters. The van der Waals surface area contributed by atoms with Crippen LogP contribution in [0, 0.1) is 17.3 Å². The van der Waals surface area contributed by atoms with Crippen molar-refractivity contribution >= 4 is 33.4 Å². The molecular formula is C22H31BrN2O2. The van der Waals surface area contributed by atoms with Gasteiger partial charge in [0, 0.05) is 29.2 Å². The van der Waals surface area contributed by atoms with Crippen molar-refractivity contribution in [1.82, 2.24) is 5.32 Å². The van der Waals surface area contributed by atoms with Crippen LogP contribution in [0.5, 0.6) is 0 Å². The molecule has 1 aromatic carbocycles. The van der Waals surface area contributed by atoms with Crippen LogP contribution in [-0.2, 0) is 9.59 Å². The van der Waals surface area contributed by atoms with Gasteiger partial charge < -0.3 is 10.2 Å². The van der Waals surface area contributed by atoms with E-state index in [2.05, 4.69) is 42.0 Å². The minimum Gasteiger partial charge on any atom is -0.353 e. The number of anilines is 1. The molecule has 0 radical (unpaired) electrons. The highest BCUT2D eigenvalue weighted by molar-refractivity contribution is 9.10. The smallest absolute Gasteiger partial charge is 0.227 e. The molecule has 1 aromatic rings. The van der Waals surface area contributed by atoms with E-state index in [1.807, 2.05) is 24.3 Å². The van der Waals surface area contributed by atoms with E-state index in [9.17, 15) is 9.59 Å². The molecule has 1 aliphatic carbocycles. The van der Waals surface area contributed by atoms with Crippen LogP contribution in [0.2, 0.25) is 0 Å². The van der Waals surface area contributed by atoms with Crippen LogP contribution in [0.4, 0.5) is 5.69 Å². The number of hydrogen-bond donors (Lipinski definition) is 1. The van der Waals surface area contributed by atoms with E-state index >= 15 is 0 Å². The van der Waals surface area contributed by atoms with Gasteiger partial charge in [-0.2, -0.15) is 0 Å². The zero-order valence-electron chi connectivity index (χ0n) is 16.6. The molecule has 1 atom stereocenters. The van der Waals surface area contributed by atoms with Crippen molar-refractivity contribution in [3.8, 4) is 0 Å². The molecule has 0 aromatic heterocycles. The molecular weight excluding hydrogens is 404 g/mol. The van der Waals surface area contributed by atoms with Gasteiger partial charge in [-0.05, 0) is 61.3 Å². The first-order chi connectivity index (χ1) is 12.8. The molecule has 4 nitrogen and oxygen atoms in total. The number of rotatable bonds is 5. The van der Waals surface area contributed by atoms with Crippen LogP contribution in [0.3, 0.4) is 0 Å². The van der Waals surface area contributed by atoms with Crippen molar-refractivity contribution in [3.05, 3.63) is 28.7 Å². The van der Waals surface area contributed by atoms with E-state index in [-0.39, 0.29) is 23.8 Å². The zero-order chi connectivity index (χ0) is 19.6. The van der Waals surface area contributed by atoms with Gasteiger partial charge in [-0.25, -0.2) is 0 Å². The van der Waals surface area contributed by atoms with Gasteiger partial charge in [0.05, 0.1) is 5.92 Å². The molecule has 3 rings (SSSR count). The Hall–Kier alpha value is -1.36. The molecule has 0 spiro atoms. The second-order valence-electron chi connectivity index (χ2n) is 8.78. The van der Waals surface area contributed by atoms with Gasteiger partial charge in [0.2, 0.25) is 11.8 Å². The number of carbonyl (C=O) groups is 2. The minimum absolute atomic E-state index is 0.0332. The molecule has 1 heterocycles. The minimum atomic E-state index is -0.244. The van der Waals surface area contributed by atoms with Gasteiger partial charge in [0.25, 0.3) is 0 Å². The van der Waals surface area contributed by atoms with E-state index < -0.39 is 0 Å². The fraction of sp³-hybridized carbons (Fsp3) is 0.636. The Labute approximate surface area is 171 Å². The molecule has 0 bridgehead atoms. The van der Waals surface area contributed by atoms with E-state index in [1.165, 1.54) is 19.3 Å². The largest absolute Gasteiger partial charge is 0.353 e. The second kappa shape index (κ2) is 8.34. The average molecular weight is 435 g/mol. The monoisotopic (exact) mass is 434 g/mol. The SMILES string of the molecule is CCC(C)(C)C1CCC(NC(=O)[C@@H]2CC(=O)N(c3ccc(Br)cc3)C2)CC1. The lowest BCUT2D eigenvalue weighted by molar-refractivity contribution is -0.127. The van der Waals surface area contributed by atoms with Crippen LogP contribution < -0.4 is 10.2 Å². The van der Waals surface area contributed by atoms with Crippen LogP contribution in [-0.4, -0.2) is 24.4 Å². The second-order valence-corrected chi connectivity index (χ2v) is 9.70. The molecule has 1 saturated heterocycles. The number of nitrogens with zero attached hydrogens (tertiary/aromatic N) is 1. The van der Waals surface area contributed by atoms with Gasteiger partial charge in [-0.3, -0.25) is 9.59 Å². The quantitative estimate of drug-likeness (QED) is 0.714. The lowest BCUT2D eigenvalue weighted by Crippen LogP contribution is -2.43. The Morgan fingerprint density at radius 1 is 1.19 bits per heavy atom. The van der Waals surface area contributed by atoms with Gasteiger partial charge in [-0.15, -0.1) is 0 Å². The first-order valence-electron chi connectivity index (χ1n) is 10.2. The third kappa shape index (κ3) is 4.74. The number of nitrogens with one attached hydrogen (secondary N) is 1. The summed E-state index contributed by atoms with van der Waals surface area (Å²) in [5.74, 6) is 0.578. The lowest BCUT2D eigenvalue weighted by atomic mass is 9.69. The number of carbonyl (C=O) groups excluding carboxylic acids is 2. The van der Waals surface area contributed by atoms with Crippen molar-refractivity contribution < 1.29 is 9.59 Å². The maximum absolute atomic E-state index is 12.7. The third-order valence-corrected chi connectivity index (χ3v) is 7.25. The number of benzene rings is 1. The molecule has 148 valence electrons. The summed E-state index contributed by atoms with van der Waals surface area (Å²) in [6.07, 6.45) is 5.97. The summed E-state index contributed by atoms with van der Waals surface area (Å²) < 4.78 is 0.981. The van der Waals surface area contributed by atoms with Crippen LogP contribution in [0.25, 0.3) is 0 Å². The fourth-order valence-electron chi connectivity index (χ4n) is 4.38. The van der Waals surface area contributed by atoms with E-state index in [0.717, 1.165) is 28.9 Å². The summed E-state index contributed by atoms with van der Waals surface area (Å²) in [7, 11) is 0. The molecule has 1 aliphatic heterocycles. The Kier molecular flexibility index (Phi) is 6.29. The molecule has 2 aliphatic rings. The molecule has 5 heteroatoms. The lowest BCUT2D eigenvalue weighted by Gasteiger charge is -2.39. The highest BCUT2D eigenvalue weighted by Gasteiger charge is 2.37. The summed E-state index contributed by atoms with van der Waals surface area (Å²) in [4.78, 5) is 26.8. The molecule has 27 heavy (non-hydrogen) atoms. The average Bonchev–Trinajstić information content (AvgIpc) is 3.05.